The smallest absolute Gasteiger partial charge is 0.184 e. The molecule has 1 fully saturated rings. The number of rotatable bonds is 10. The van der Waals surface area contributed by atoms with Gasteiger partial charge in [-0.1, -0.05) is 51.9 Å². The third-order valence-corrected chi connectivity index (χ3v) is 4.27. The van der Waals surface area contributed by atoms with Crippen LogP contribution < -0.4 is 0 Å². The lowest BCUT2D eigenvalue weighted by Gasteiger charge is -2.36. The van der Waals surface area contributed by atoms with Crippen LogP contribution in [0.5, 0.6) is 0 Å². The number of hydrogen-bond donors (Lipinski definition) is 2. The van der Waals surface area contributed by atoms with E-state index in [1.807, 2.05) is 13.8 Å². The molecular formula is C17H34O4. The van der Waals surface area contributed by atoms with E-state index in [4.69, 9.17) is 9.47 Å². The summed E-state index contributed by atoms with van der Waals surface area (Å²) in [5.74, 6) is 0. The molecule has 4 nitrogen and oxygen atoms in total. The van der Waals surface area contributed by atoms with E-state index < -0.39 is 18.5 Å². The average Bonchev–Trinajstić information content (AvgIpc) is 2.44. The molecule has 0 aromatic heterocycles. The highest BCUT2D eigenvalue weighted by molar-refractivity contribution is 4.78. The third kappa shape index (κ3) is 7.59. The van der Waals surface area contributed by atoms with E-state index in [1.54, 1.807) is 0 Å². The fraction of sp³-hybridized carbons (Fsp3) is 1.00. The molecule has 0 aromatic carbocycles. The Morgan fingerprint density at radius 3 is 2.33 bits per heavy atom. The van der Waals surface area contributed by atoms with Crippen LogP contribution in [0.3, 0.4) is 0 Å². The van der Waals surface area contributed by atoms with E-state index >= 15 is 0 Å². The lowest BCUT2D eigenvalue weighted by atomic mass is 10.0. The number of aliphatic hydroxyl groups is 2. The molecule has 4 unspecified atom stereocenters. The molecule has 2 N–H and O–H groups in total. The van der Waals surface area contributed by atoms with Gasteiger partial charge >= 0.3 is 0 Å². The van der Waals surface area contributed by atoms with Crippen molar-refractivity contribution in [3.8, 4) is 0 Å². The minimum absolute atomic E-state index is 0.0859. The molecule has 1 heterocycles. The van der Waals surface area contributed by atoms with Crippen LogP contribution in [0.4, 0.5) is 0 Å². The van der Waals surface area contributed by atoms with Gasteiger partial charge in [0.05, 0.1) is 18.3 Å². The maximum absolute atomic E-state index is 9.89. The van der Waals surface area contributed by atoms with Gasteiger partial charge in [-0.15, -0.1) is 0 Å². The molecule has 0 aromatic rings. The molecule has 1 saturated heterocycles. The van der Waals surface area contributed by atoms with E-state index in [-0.39, 0.29) is 12.2 Å². The first kappa shape index (κ1) is 18.9. The van der Waals surface area contributed by atoms with Gasteiger partial charge in [-0.25, -0.2) is 0 Å². The molecule has 4 heteroatoms. The van der Waals surface area contributed by atoms with Gasteiger partial charge in [0, 0.05) is 6.42 Å². The van der Waals surface area contributed by atoms with Crippen molar-refractivity contribution >= 4 is 0 Å². The predicted octanol–water partition coefficient (Wildman–Crippen LogP) is 3.39. The van der Waals surface area contributed by atoms with Crippen molar-refractivity contribution in [1.82, 2.24) is 0 Å². The summed E-state index contributed by atoms with van der Waals surface area (Å²) in [5.41, 5.74) is 0. The van der Waals surface area contributed by atoms with Crippen LogP contribution in [0, 0.1) is 0 Å². The standard InChI is InChI=1S/C17H34O4/c1-4-5-6-7-8-9-10-11-13(2)20-17-16(19)12-15(18)14(3)21-17/h13-19H,4-12H2,1-3H3/t13-,14?,15?,16?,17?/m1/s1. The molecule has 0 amide bonds. The Balaban J connectivity index is 2.08. The number of aliphatic hydroxyl groups excluding tert-OH is 2. The van der Waals surface area contributed by atoms with Gasteiger partial charge in [0.15, 0.2) is 6.29 Å². The number of unbranched alkanes of at least 4 members (excludes halogenated alkanes) is 6. The van der Waals surface area contributed by atoms with Gasteiger partial charge in [0.1, 0.15) is 6.10 Å². The van der Waals surface area contributed by atoms with Crippen LogP contribution >= 0.6 is 0 Å². The van der Waals surface area contributed by atoms with Gasteiger partial charge in [-0.2, -0.15) is 0 Å². The number of ether oxygens (including phenoxy) is 2. The second kappa shape index (κ2) is 10.5. The summed E-state index contributed by atoms with van der Waals surface area (Å²) in [6, 6.07) is 0. The molecule has 21 heavy (non-hydrogen) atoms. The Bertz CT molecular complexity index is 259. The van der Waals surface area contributed by atoms with Gasteiger partial charge < -0.3 is 19.7 Å². The zero-order valence-electron chi connectivity index (χ0n) is 14.0. The first-order chi connectivity index (χ1) is 10.0. The molecule has 5 atom stereocenters. The van der Waals surface area contributed by atoms with Crippen molar-refractivity contribution in [1.29, 1.82) is 0 Å². The second-order valence-corrected chi connectivity index (χ2v) is 6.44. The van der Waals surface area contributed by atoms with Gasteiger partial charge in [0.25, 0.3) is 0 Å². The minimum Gasteiger partial charge on any atom is -0.390 e. The molecule has 1 rings (SSSR count). The molecule has 1 aliphatic rings. The highest BCUT2D eigenvalue weighted by atomic mass is 16.7. The summed E-state index contributed by atoms with van der Waals surface area (Å²) >= 11 is 0. The van der Waals surface area contributed by atoms with Gasteiger partial charge in [-0.3, -0.25) is 0 Å². The molecule has 0 saturated carbocycles. The first-order valence-electron chi connectivity index (χ1n) is 8.71. The Morgan fingerprint density at radius 1 is 1.05 bits per heavy atom. The third-order valence-electron chi connectivity index (χ3n) is 4.27. The molecule has 0 bridgehead atoms. The molecule has 0 radical (unpaired) electrons. The molecule has 0 spiro atoms. The average molecular weight is 302 g/mol. The monoisotopic (exact) mass is 302 g/mol. The Morgan fingerprint density at radius 2 is 1.67 bits per heavy atom. The Hall–Kier alpha value is -0.160. The second-order valence-electron chi connectivity index (χ2n) is 6.44. The largest absolute Gasteiger partial charge is 0.390 e. The molecule has 126 valence electrons. The maximum atomic E-state index is 9.89. The maximum Gasteiger partial charge on any atom is 0.184 e. The number of hydrogen-bond acceptors (Lipinski definition) is 4. The zero-order valence-corrected chi connectivity index (χ0v) is 14.0. The van der Waals surface area contributed by atoms with E-state index in [0.29, 0.717) is 6.42 Å². The minimum atomic E-state index is -0.729. The summed E-state index contributed by atoms with van der Waals surface area (Å²) in [6.45, 7) is 6.08. The van der Waals surface area contributed by atoms with E-state index in [1.165, 1.54) is 38.5 Å². The topological polar surface area (TPSA) is 58.9 Å². The van der Waals surface area contributed by atoms with Crippen molar-refractivity contribution in [3.05, 3.63) is 0 Å². The van der Waals surface area contributed by atoms with Crippen LogP contribution in [0.1, 0.15) is 78.6 Å². The Labute approximate surface area is 129 Å². The summed E-state index contributed by atoms with van der Waals surface area (Å²) in [6.07, 6.45) is 8.26. The normalized spacial score (nSPS) is 31.3. The van der Waals surface area contributed by atoms with E-state index in [0.717, 1.165) is 12.8 Å². The van der Waals surface area contributed by atoms with E-state index in [2.05, 4.69) is 6.92 Å². The summed E-state index contributed by atoms with van der Waals surface area (Å²) < 4.78 is 11.3. The molecular weight excluding hydrogens is 268 g/mol. The van der Waals surface area contributed by atoms with Crippen LogP contribution in [0.2, 0.25) is 0 Å². The van der Waals surface area contributed by atoms with Crippen molar-refractivity contribution in [2.45, 2.75) is 109 Å². The quantitative estimate of drug-likeness (QED) is 0.607. The zero-order chi connectivity index (χ0) is 15.7. The molecule has 1 aliphatic heterocycles. The van der Waals surface area contributed by atoms with Gasteiger partial charge in [-0.05, 0) is 20.3 Å². The summed E-state index contributed by atoms with van der Waals surface area (Å²) in [7, 11) is 0. The predicted molar refractivity (Wildman–Crippen MR) is 84.1 cm³/mol. The van der Waals surface area contributed by atoms with Crippen molar-refractivity contribution in [3.63, 3.8) is 0 Å². The van der Waals surface area contributed by atoms with Crippen LogP contribution in [-0.2, 0) is 9.47 Å². The fourth-order valence-corrected chi connectivity index (χ4v) is 2.75. The van der Waals surface area contributed by atoms with Crippen molar-refractivity contribution in [2.75, 3.05) is 0 Å². The van der Waals surface area contributed by atoms with Crippen molar-refractivity contribution < 1.29 is 19.7 Å². The van der Waals surface area contributed by atoms with Crippen LogP contribution in [0.15, 0.2) is 0 Å². The SMILES string of the molecule is CCCCCCCCC[C@@H](C)OC1OC(C)C(O)CC1O. The first-order valence-corrected chi connectivity index (χ1v) is 8.71. The summed E-state index contributed by atoms with van der Waals surface area (Å²) in [4.78, 5) is 0. The Kier molecular flexibility index (Phi) is 9.49. The lowest BCUT2D eigenvalue weighted by Crippen LogP contribution is -2.48. The lowest BCUT2D eigenvalue weighted by molar-refractivity contribution is -0.273. The van der Waals surface area contributed by atoms with Crippen LogP contribution in [-0.4, -0.2) is 40.9 Å². The van der Waals surface area contributed by atoms with Gasteiger partial charge in [0.2, 0.25) is 0 Å². The summed E-state index contributed by atoms with van der Waals surface area (Å²) in [5, 5.41) is 19.5. The molecule has 0 aliphatic carbocycles. The van der Waals surface area contributed by atoms with E-state index in [9.17, 15) is 10.2 Å². The highest BCUT2D eigenvalue weighted by Gasteiger charge is 2.35. The van der Waals surface area contributed by atoms with Crippen LogP contribution in [0.25, 0.3) is 0 Å². The van der Waals surface area contributed by atoms with Crippen molar-refractivity contribution in [2.24, 2.45) is 0 Å². The highest BCUT2D eigenvalue weighted by Crippen LogP contribution is 2.23. The fourth-order valence-electron chi connectivity index (χ4n) is 2.75.